The number of rotatable bonds is 5. The Morgan fingerprint density at radius 3 is 2.55 bits per heavy atom. The second kappa shape index (κ2) is 9.08. The van der Waals surface area contributed by atoms with E-state index in [-0.39, 0.29) is 5.91 Å². The lowest BCUT2D eigenvalue weighted by atomic mass is 10.1. The Balaban J connectivity index is 1.56. The molecule has 1 amide bonds. The highest BCUT2D eigenvalue weighted by molar-refractivity contribution is 9.10. The predicted molar refractivity (Wildman–Crippen MR) is 130 cm³/mol. The van der Waals surface area contributed by atoms with Gasteiger partial charge in [-0.05, 0) is 71.2 Å². The summed E-state index contributed by atoms with van der Waals surface area (Å²) in [7, 11) is 0. The number of amides is 1. The van der Waals surface area contributed by atoms with E-state index in [1.807, 2.05) is 68.4 Å². The number of carbonyl (C=O) groups is 1. The summed E-state index contributed by atoms with van der Waals surface area (Å²) in [5, 5.41) is 6.29. The Hall–Kier alpha value is -2.89. The van der Waals surface area contributed by atoms with Gasteiger partial charge in [-0.2, -0.15) is 10.1 Å². The number of para-hydroxylation sites is 1. The Bertz CT molecular complexity index is 1180. The van der Waals surface area contributed by atoms with Crippen LogP contribution in [-0.2, 0) is 11.4 Å². The van der Waals surface area contributed by atoms with E-state index in [1.54, 1.807) is 12.1 Å². The lowest BCUT2D eigenvalue weighted by Crippen LogP contribution is -2.21. The van der Waals surface area contributed by atoms with Crippen LogP contribution in [0.2, 0.25) is 5.02 Å². The Kier molecular flexibility index (Phi) is 6.25. The van der Waals surface area contributed by atoms with Crippen molar-refractivity contribution < 1.29 is 9.53 Å². The molecule has 0 saturated heterocycles. The Morgan fingerprint density at radius 1 is 1.06 bits per heavy atom. The first-order valence-electron chi connectivity index (χ1n) is 9.76. The first kappa shape index (κ1) is 21.3. The maximum absolute atomic E-state index is 12.9. The monoisotopic (exact) mass is 494 g/mol. The van der Waals surface area contributed by atoms with Gasteiger partial charge in [-0.15, -0.1) is 0 Å². The van der Waals surface area contributed by atoms with Crippen LogP contribution in [-0.4, -0.2) is 11.6 Å². The van der Waals surface area contributed by atoms with Crippen molar-refractivity contribution in [1.82, 2.24) is 0 Å². The third-order valence-corrected chi connectivity index (χ3v) is 5.73. The first-order valence-corrected chi connectivity index (χ1v) is 10.9. The van der Waals surface area contributed by atoms with Gasteiger partial charge in [0.1, 0.15) is 6.61 Å². The van der Waals surface area contributed by atoms with E-state index in [2.05, 4.69) is 27.1 Å². The van der Waals surface area contributed by atoms with Gasteiger partial charge in [0.15, 0.2) is 5.75 Å². The molecule has 1 aliphatic rings. The molecule has 31 heavy (non-hydrogen) atoms. The van der Waals surface area contributed by atoms with Crippen molar-refractivity contribution in [2.45, 2.75) is 20.5 Å². The SMILES string of the molecule is CC1=NN(c2ccccc2)C(=O)/C1=C/c1cc(Cl)c(OCc2cccc(C)c2)c(Br)c1. The fraction of sp³-hybridized carbons (Fsp3) is 0.120. The molecule has 3 aromatic carbocycles. The zero-order chi connectivity index (χ0) is 22.0. The number of benzene rings is 3. The number of ether oxygens (including phenoxy) is 1. The molecule has 0 unspecified atom stereocenters. The fourth-order valence-electron chi connectivity index (χ4n) is 3.35. The van der Waals surface area contributed by atoms with Crippen LogP contribution in [0.4, 0.5) is 5.69 Å². The molecule has 0 aliphatic carbocycles. The summed E-state index contributed by atoms with van der Waals surface area (Å²) >= 11 is 10.1. The Labute approximate surface area is 194 Å². The van der Waals surface area contributed by atoms with E-state index in [1.165, 1.54) is 10.6 Å². The second-order valence-electron chi connectivity index (χ2n) is 7.29. The number of halogens is 2. The molecule has 0 radical (unpaired) electrons. The molecule has 6 heteroatoms. The zero-order valence-corrected chi connectivity index (χ0v) is 19.4. The highest BCUT2D eigenvalue weighted by Gasteiger charge is 2.28. The average Bonchev–Trinajstić information content (AvgIpc) is 3.02. The van der Waals surface area contributed by atoms with Crippen molar-refractivity contribution in [2.75, 3.05) is 5.01 Å². The van der Waals surface area contributed by atoms with Crippen LogP contribution >= 0.6 is 27.5 Å². The smallest absolute Gasteiger partial charge is 0.280 e. The minimum atomic E-state index is -0.171. The number of hydrazone groups is 1. The van der Waals surface area contributed by atoms with Crippen molar-refractivity contribution in [2.24, 2.45) is 5.10 Å². The molecule has 0 N–H and O–H groups in total. The van der Waals surface area contributed by atoms with Crippen molar-refractivity contribution >= 4 is 50.9 Å². The molecule has 0 fully saturated rings. The van der Waals surface area contributed by atoms with Crippen molar-refractivity contribution in [1.29, 1.82) is 0 Å². The minimum Gasteiger partial charge on any atom is -0.486 e. The van der Waals surface area contributed by atoms with Crippen LogP contribution < -0.4 is 9.75 Å². The molecular weight excluding hydrogens is 476 g/mol. The maximum atomic E-state index is 12.9. The summed E-state index contributed by atoms with van der Waals surface area (Å²) in [5.41, 5.74) is 4.94. The van der Waals surface area contributed by atoms with E-state index in [0.717, 1.165) is 21.3 Å². The molecule has 0 spiro atoms. The quantitative estimate of drug-likeness (QED) is 0.365. The molecule has 4 nitrogen and oxygen atoms in total. The Morgan fingerprint density at radius 2 is 1.84 bits per heavy atom. The van der Waals surface area contributed by atoms with E-state index < -0.39 is 0 Å². The van der Waals surface area contributed by atoms with E-state index in [0.29, 0.717) is 28.7 Å². The van der Waals surface area contributed by atoms with Gasteiger partial charge < -0.3 is 4.74 Å². The number of nitrogens with zero attached hydrogens (tertiary/aromatic N) is 2. The summed E-state index contributed by atoms with van der Waals surface area (Å²) in [6.45, 7) is 4.28. The van der Waals surface area contributed by atoms with E-state index >= 15 is 0 Å². The van der Waals surface area contributed by atoms with Gasteiger partial charge in [-0.25, -0.2) is 0 Å². The maximum Gasteiger partial charge on any atom is 0.280 e. The van der Waals surface area contributed by atoms with Crippen LogP contribution in [0, 0.1) is 6.92 Å². The molecule has 3 aromatic rings. The van der Waals surface area contributed by atoms with Crippen LogP contribution in [0.3, 0.4) is 0 Å². The van der Waals surface area contributed by atoms with Crippen LogP contribution in [0.15, 0.2) is 81.9 Å². The third-order valence-electron chi connectivity index (χ3n) is 4.86. The molecule has 0 atom stereocenters. The minimum absolute atomic E-state index is 0.171. The molecule has 0 saturated carbocycles. The number of hydrogen-bond donors (Lipinski definition) is 0. The summed E-state index contributed by atoms with van der Waals surface area (Å²) in [6, 6.07) is 21.2. The van der Waals surface area contributed by atoms with E-state index in [9.17, 15) is 4.79 Å². The van der Waals surface area contributed by atoms with Crippen LogP contribution in [0.5, 0.6) is 5.75 Å². The van der Waals surface area contributed by atoms with Gasteiger partial charge in [-0.3, -0.25) is 4.79 Å². The summed E-state index contributed by atoms with van der Waals surface area (Å²) in [6.07, 6.45) is 1.80. The number of aryl methyl sites for hydroxylation is 1. The van der Waals surface area contributed by atoms with Crippen molar-refractivity contribution in [3.05, 3.63) is 98.5 Å². The normalized spacial score (nSPS) is 14.8. The molecule has 0 bridgehead atoms. The van der Waals surface area contributed by atoms with Gasteiger partial charge in [0.25, 0.3) is 5.91 Å². The second-order valence-corrected chi connectivity index (χ2v) is 8.55. The fourth-order valence-corrected chi connectivity index (χ4v) is 4.34. The standard InChI is InChI=1S/C25H20BrClN2O2/c1-16-7-6-8-18(11-16)15-31-24-22(26)13-19(14-23(24)27)12-21-17(2)28-29(25(21)30)20-9-4-3-5-10-20/h3-14H,15H2,1-2H3/b21-12+. The molecule has 1 heterocycles. The highest BCUT2D eigenvalue weighted by atomic mass is 79.9. The number of carbonyl (C=O) groups excluding carboxylic acids is 1. The zero-order valence-electron chi connectivity index (χ0n) is 17.1. The topological polar surface area (TPSA) is 41.9 Å². The lowest BCUT2D eigenvalue weighted by Gasteiger charge is -2.12. The average molecular weight is 496 g/mol. The molecule has 156 valence electrons. The van der Waals surface area contributed by atoms with Gasteiger partial charge in [0.2, 0.25) is 0 Å². The summed E-state index contributed by atoms with van der Waals surface area (Å²) in [4.78, 5) is 12.9. The molecule has 0 aromatic heterocycles. The third kappa shape index (κ3) is 4.73. The highest BCUT2D eigenvalue weighted by Crippen LogP contribution is 2.36. The van der Waals surface area contributed by atoms with Gasteiger partial charge in [0, 0.05) is 0 Å². The van der Waals surface area contributed by atoms with Crippen LogP contribution in [0.25, 0.3) is 6.08 Å². The van der Waals surface area contributed by atoms with Gasteiger partial charge >= 0.3 is 0 Å². The molecule has 4 rings (SSSR count). The first-order chi connectivity index (χ1) is 14.9. The predicted octanol–water partition coefficient (Wildman–Crippen LogP) is 6.80. The largest absolute Gasteiger partial charge is 0.486 e. The summed E-state index contributed by atoms with van der Waals surface area (Å²) < 4.78 is 6.67. The van der Waals surface area contributed by atoms with E-state index in [4.69, 9.17) is 16.3 Å². The number of hydrogen-bond acceptors (Lipinski definition) is 3. The molecule has 1 aliphatic heterocycles. The lowest BCUT2D eigenvalue weighted by molar-refractivity contribution is -0.114. The van der Waals surface area contributed by atoms with Crippen molar-refractivity contribution in [3.8, 4) is 5.75 Å². The van der Waals surface area contributed by atoms with Crippen LogP contribution in [0.1, 0.15) is 23.6 Å². The molecular formula is C25H20BrClN2O2. The van der Waals surface area contributed by atoms with Gasteiger partial charge in [0.05, 0.1) is 26.5 Å². The van der Waals surface area contributed by atoms with Gasteiger partial charge in [-0.1, -0.05) is 59.6 Å². The van der Waals surface area contributed by atoms with Crippen molar-refractivity contribution in [3.63, 3.8) is 0 Å². The summed E-state index contributed by atoms with van der Waals surface area (Å²) in [5.74, 6) is 0.398. The number of anilines is 1.